The Labute approximate surface area is 231 Å². The Balaban J connectivity index is 1.52. The first-order chi connectivity index (χ1) is 18.7. The van der Waals surface area contributed by atoms with Crippen LogP contribution in [0, 0.1) is 12.8 Å². The molecule has 1 saturated carbocycles. The van der Waals surface area contributed by atoms with Crippen molar-refractivity contribution < 1.29 is 37.4 Å². The monoisotopic (exact) mass is 561 g/mol. The van der Waals surface area contributed by atoms with Crippen molar-refractivity contribution in [3.63, 3.8) is 0 Å². The van der Waals surface area contributed by atoms with Crippen molar-refractivity contribution in [2.45, 2.75) is 94.1 Å². The van der Waals surface area contributed by atoms with E-state index >= 15 is 0 Å². The fourth-order valence-electron chi connectivity index (χ4n) is 7.16. The molecule has 1 aliphatic heterocycles. The first kappa shape index (κ1) is 28.6. The van der Waals surface area contributed by atoms with E-state index in [0.717, 1.165) is 16.7 Å². The number of benzene rings is 2. The van der Waals surface area contributed by atoms with Gasteiger partial charge in [-0.2, -0.15) is 13.2 Å². The Morgan fingerprint density at radius 3 is 2.25 bits per heavy atom. The fraction of sp³-hybridized carbons (Fsp3) is 0.548. The normalized spacial score (nSPS) is 29.8. The second-order valence-electron chi connectivity index (χ2n) is 12.1. The molecule has 1 heterocycles. The van der Waals surface area contributed by atoms with Crippen LogP contribution in [0.5, 0.6) is 0 Å². The predicted molar refractivity (Wildman–Crippen MR) is 141 cm³/mol. The van der Waals surface area contributed by atoms with Gasteiger partial charge in [-0.25, -0.2) is 4.39 Å². The van der Waals surface area contributed by atoms with Crippen LogP contribution in [0.4, 0.5) is 17.6 Å². The topological polar surface area (TPSA) is 77.8 Å². The number of hydrogen-bond donors (Lipinski definition) is 2. The maximum atomic E-state index is 14.9. The molecule has 3 atom stereocenters. The van der Waals surface area contributed by atoms with Gasteiger partial charge in [0.1, 0.15) is 5.60 Å². The molecule has 216 valence electrons. The van der Waals surface area contributed by atoms with Crippen LogP contribution >= 0.6 is 0 Å². The van der Waals surface area contributed by atoms with Crippen LogP contribution in [0.25, 0.3) is 0 Å². The van der Waals surface area contributed by atoms with Gasteiger partial charge in [0.25, 0.3) is 5.91 Å². The lowest BCUT2D eigenvalue weighted by molar-refractivity contribution is -0.228. The number of fused-ring (bicyclic) bond motifs is 3. The Bertz CT molecular complexity index is 1300. The zero-order valence-electron chi connectivity index (χ0n) is 22.7. The summed E-state index contributed by atoms with van der Waals surface area (Å²) in [5.41, 5.74) is -2.59. The lowest BCUT2D eigenvalue weighted by Crippen LogP contribution is -2.56. The molecule has 0 radical (unpaired) electrons. The number of likely N-dealkylation sites (tertiary alicyclic amines) is 1. The minimum atomic E-state index is -5.05. The molecule has 3 unspecified atom stereocenters. The number of carboxylic acids is 1. The van der Waals surface area contributed by atoms with Crippen LogP contribution in [0.2, 0.25) is 0 Å². The second kappa shape index (κ2) is 9.86. The zero-order chi connectivity index (χ0) is 29.1. The molecule has 2 aromatic rings. The number of aliphatic hydroxyl groups is 1. The highest BCUT2D eigenvalue weighted by molar-refractivity contribution is 5.86. The Morgan fingerprint density at radius 1 is 1.00 bits per heavy atom. The Kier molecular flexibility index (Phi) is 7.04. The molecule has 5 rings (SSSR count). The first-order valence-electron chi connectivity index (χ1n) is 13.9. The lowest BCUT2D eigenvalue weighted by atomic mass is 9.63. The highest BCUT2D eigenvalue weighted by atomic mass is 19.4. The lowest BCUT2D eigenvalue weighted by Gasteiger charge is -2.46. The van der Waals surface area contributed by atoms with Crippen LogP contribution in [0.1, 0.15) is 73.3 Å². The van der Waals surface area contributed by atoms with Crippen LogP contribution < -0.4 is 0 Å². The average Bonchev–Trinajstić information content (AvgIpc) is 3.28. The number of aliphatic carboxylic acids is 1. The molecule has 1 amide bonds. The highest BCUT2D eigenvalue weighted by Crippen LogP contribution is 2.52. The Hall–Kier alpha value is -2.94. The molecular formula is C31H35F4NO4. The largest absolute Gasteiger partial charge is 0.481 e. The second-order valence-corrected chi connectivity index (χ2v) is 12.1. The molecule has 0 spiro atoms. The molecule has 2 aromatic carbocycles. The maximum Gasteiger partial charge on any atom is 0.426 e. The molecular weight excluding hydrogens is 526 g/mol. The molecule has 2 fully saturated rings. The SMILES string of the molecule is Cc1ccc(CC23CCN(C(=O)[C@]4(O)CC[C@@H](C(=O)O)CC4)C2CCc2cc(C(C)(F)C(F)(F)F)ccc23)cc1. The van der Waals surface area contributed by atoms with E-state index in [1.807, 2.05) is 31.2 Å². The number of carbonyl (C=O) groups is 2. The smallest absolute Gasteiger partial charge is 0.426 e. The highest BCUT2D eigenvalue weighted by Gasteiger charge is 2.57. The van der Waals surface area contributed by atoms with Gasteiger partial charge in [-0.3, -0.25) is 9.59 Å². The van der Waals surface area contributed by atoms with Gasteiger partial charge >= 0.3 is 12.1 Å². The van der Waals surface area contributed by atoms with Crippen LogP contribution in [0.3, 0.4) is 0 Å². The number of aryl methyl sites for hydroxylation is 2. The van der Waals surface area contributed by atoms with Gasteiger partial charge in [0.05, 0.1) is 5.92 Å². The Morgan fingerprint density at radius 2 is 1.65 bits per heavy atom. The van der Waals surface area contributed by atoms with Crippen molar-refractivity contribution >= 4 is 11.9 Å². The van der Waals surface area contributed by atoms with Gasteiger partial charge in [0.2, 0.25) is 5.67 Å². The predicted octanol–water partition coefficient (Wildman–Crippen LogP) is 5.78. The minimum absolute atomic E-state index is 0.0729. The summed E-state index contributed by atoms with van der Waals surface area (Å²) < 4.78 is 55.4. The van der Waals surface area contributed by atoms with Crippen molar-refractivity contribution in [3.05, 3.63) is 70.3 Å². The third-order valence-electron chi connectivity index (χ3n) is 9.68. The number of halogens is 4. The number of carboxylic acid groups (broad SMARTS) is 1. The van der Waals surface area contributed by atoms with Crippen molar-refractivity contribution in [3.8, 4) is 0 Å². The van der Waals surface area contributed by atoms with Gasteiger partial charge in [-0.05, 0) is 87.5 Å². The quantitative estimate of drug-likeness (QED) is 0.454. The molecule has 0 bridgehead atoms. The van der Waals surface area contributed by atoms with Gasteiger partial charge in [0, 0.05) is 18.0 Å². The number of carbonyl (C=O) groups excluding carboxylic acids is 1. The van der Waals surface area contributed by atoms with Crippen LogP contribution in [-0.2, 0) is 33.5 Å². The fourth-order valence-corrected chi connectivity index (χ4v) is 7.16. The van der Waals surface area contributed by atoms with E-state index in [4.69, 9.17) is 0 Å². The van der Waals surface area contributed by atoms with E-state index in [9.17, 15) is 37.4 Å². The molecule has 1 saturated heterocycles. The molecule has 0 aromatic heterocycles. The molecule has 40 heavy (non-hydrogen) atoms. The number of rotatable bonds is 5. The first-order valence-corrected chi connectivity index (χ1v) is 13.9. The van der Waals surface area contributed by atoms with E-state index in [2.05, 4.69) is 0 Å². The number of hydrogen-bond acceptors (Lipinski definition) is 3. The van der Waals surface area contributed by atoms with E-state index in [0.29, 0.717) is 44.7 Å². The van der Waals surface area contributed by atoms with E-state index < -0.39 is 46.2 Å². The van der Waals surface area contributed by atoms with E-state index in [1.54, 1.807) is 11.0 Å². The number of alkyl halides is 4. The van der Waals surface area contributed by atoms with E-state index in [1.165, 1.54) is 12.1 Å². The summed E-state index contributed by atoms with van der Waals surface area (Å²) in [6.45, 7) is 2.88. The molecule has 3 aliphatic rings. The molecule has 9 heteroatoms. The molecule has 2 N–H and O–H groups in total. The zero-order valence-corrected chi connectivity index (χ0v) is 22.7. The van der Waals surface area contributed by atoms with Gasteiger partial charge in [0.15, 0.2) is 0 Å². The standard InChI is InChI=1S/C31H35F4NO4/c1-19-3-5-20(6-4-19)18-29-15-16-36(27(39)30(40)13-11-21(12-14-30)26(37)38)25(29)10-7-22-17-23(8-9-24(22)29)28(2,32)31(33,34)35/h3-6,8-9,17,21,25,40H,7,10-16,18H2,1-2H3,(H,37,38)/t21-,25?,28?,29?,30+. The van der Waals surface area contributed by atoms with Crippen molar-refractivity contribution in [1.29, 1.82) is 0 Å². The summed E-state index contributed by atoms with van der Waals surface area (Å²) in [4.78, 5) is 27.0. The third-order valence-corrected chi connectivity index (χ3v) is 9.68. The summed E-state index contributed by atoms with van der Waals surface area (Å²) in [6.07, 6.45) is -2.54. The van der Waals surface area contributed by atoms with Crippen LogP contribution in [-0.4, -0.2) is 51.4 Å². The third kappa shape index (κ3) is 4.70. The van der Waals surface area contributed by atoms with Crippen molar-refractivity contribution in [1.82, 2.24) is 4.90 Å². The summed E-state index contributed by atoms with van der Waals surface area (Å²) >= 11 is 0. The number of nitrogens with zero attached hydrogens (tertiary/aromatic N) is 1. The van der Waals surface area contributed by atoms with Gasteiger partial charge in [-0.15, -0.1) is 0 Å². The van der Waals surface area contributed by atoms with E-state index in [-0.39, 0.29) is 31.7 Å². The molecule has 2 aliphatic carbocycles. The van der Waals surface area contributed by atoms with Crippen LogP contribution in [0.15, 0.2) is 42.5 Å². The summed E-state index contributed by atoms with van der Waals surface area (Å²) in [5, 5.41) is 20.7. The maximum absolute atomic E-state index is 14.9. The molecule has 5 nitrogen and oxygen atoms in total. The average molecular weight is 562 g/mol. The van der Waals surface area contributed by atoms with Crippen molar-refractivity contribution in [2.24, 2.45) is 5.92 Å². The number of amides is 1. The summed E-state index contributed by atoms with van der Waals surface area (Å²) in [6, 6.07) is 11.9. The summed E-state index contributed by atoms with van der Waals surface area (Å²) in [7, 11) is 0. The summed E-state index contributed by atoms with van der Waals surface area (Å²) in [5.74, 6) is -1.91. The van der Waals surface area contributed by atoms with Gasteiger partial charge < -0.3 is 15.1 Å². The van der Waals surface area contributed by atoms with Gasteiger partial charge in [-0.1, -0.05) is 48.0 Å². The van der Waals surface area contributed by atoms with Crippen molar-refractivity contribution in [2.75, 3.05) is 6.54 Å². The minimum Gasteiger partial charge on any atom is -0.481 e.